The zero-order valence-electron chi connectivity index (χ0n) is 14.1. The quantitative estimate of drug-likeness (QED) is 0.823. The highest BCUT2D eigenvalue weighted by molar-refractivity contribution is 7.91. The van der Waals surface area contributed by atoms with Crippen molar-refractivity contribution in [3.8, 4) is 5.75 Å². The predicted octanol–water partition coefficient (Wildman–Crippen LogP) is 2.52. The van der Waals surface area contributed by atoms with Gasteiger partial charge in [-0.25, -0.2) is 8.42 Å². The molecule has 0 spiro atoms. The van der Waals surface area contributed by atoms with Gasteiger partial charge in [0.1, 0.15) is 5.75 Å². The highest BCUT2D eigenvalue weighted by atomic mass is 32.2. The Kier molecular flexibility index (Phi) is 5.08. The Morgan fingerprint density at radius 2 is 1.92 bits per heavy atom. The van der Waals surface area contributed by atoms with Crippen molar-refractivity contribution in [3.63, 3.8) is 0 Å². The van der Waals surface area contributed by atoms with E-state index in [1.54, 1.807) is 36.3 Å². The molecule has 1 aliphatic heterocycles. The van der Waals surface area contributed by atoms with Crippen LogP contribution in [0, 0.1) is 0 Å². The van der Waals surface area contributed by atoms with E-state index in [9.17, 15) is 13.2 Å². The van der Waals surface area contributed by atoms with E-state index < -0.39 is 9.84 Å². The zero-order valence-corrected chi connectivity index (χ0v) is 14.9. The fourth-order valence-corrected chi connectivity index (χ4v) is 4.82. The summed E-state index contributed by atoms with van der Waals surface area (Å²) in [6.07, 6.45) is 0.477. The number of nitrogens with zero attached hydrogens (tertiary/aromatic N) is 1. The van der Waals surface area contributed by atoms with Gasteiger partial charge in [-0.2, -0.15) is 0 Å². The zero-order chi connectivity index (χ0) is 17.9. The second-order valence-corrected chi connectivity index (χ2v) is 8.44. The molecule has 0 radical (unpaired) electrons. The number of carbonyl (C=O) groups excluding carboxylic acids is 1. The van der Waals surface area contributed by atoms with E-state index in [4.69, 9.17) is 4.74 Å². The summed E-state index contributed by atoms with van der Waals surface area (Å²) in [4.78, 5) is 14.8. The molecule has 0 saturated carbocycles. The van der Waals surface area contributed by atoms with E-state index >= 15 is 0 Å². The van der Waals surface area contributed by atoms with Crippen molar-refractivity contribution < 1.29 is 17.9 Å². The number of sulfone groups is 1. The van der Waals surface area contributed by atoms with E-state index in [0.29, 0.717) is 24.3 Å². The normalized spacial score (nSPS) is 18.7. The summed E-state index contributed by atoms with van der Waals surface area (Å²) in [6, 6.07) is 16.3. The summed E-state index contributed by atoms with van der Waals surface area (Å²) in [7, 11) is -1.53. The topological polar surface area (TPSA) is 63.7 Å². The van der Waals surface area contributed by atoms with Gasteiger partial charge in [0.25, 0.3) is 5.91 Å². The molecule has 25 heavy (non-hydrogen) atoms. The van der Waals surface area contributed by atoms with Crippen molar-refractivity contribution in [2.45, 2.75) is 19.0 Å². The SMILES string of the molecule is COc1cccc(C(=O)N(Cc2ccccc2)C2CCS(=O)(=O)C2)c1. The van der Waals surface area contributed by atoms with E-state index in [1.807, 2.05) is 30.3 Å². The molecule has 132 valence electrons. The molecule has 1 unspecified atom stereocenters. The number of methoxy groups -OCH3 is 1. The predicted molar refractivity (Wildman–Crippen MR) is 96.4 cm³/mol. The first-order chi connectivity index (χ1) is 12.0. The van der Waals surface area contributed by atoms with Crippen LogP contribution in [0.25, 0.3) is 0 Å². The minimum Gasteiger partial charge on any atom is -0.497 e. The third-order valence-corrected chi connectivity index (χ3v) is 6.17. The number of ether oxygens (including phenoxy) is 1. The van der Waals surface area contributed by atoms with Gasteiger partial charge in [0.2, 0.25) is 0 Å². The molecule has 1 amide bonds. The van der Waals surface area contributed by atoms with Gasteiger partial charge in [-0.1, -0.05) is 36.4 Å². The molecule has 1 fully saturated rings. The molecule has 0 N–H and O–H groups in total. The van der Waals surface area contributed by atoms with Crippen molar-refractivity contribution in [1.82, 2.24) is 4.90 Å². The minimum atomic E-state index is -3.08. The molecule has 5 nitrogen and oxygen atoms in total. The standard InChI is InChI=1S/C19H21NO4S/c1-24-18-9-5-8-16(12-18)19(21)20(13-15-6-3-2-4-7-15)17-10-11-25(22,23)14-17/h2-9,12,17H,10-11,13-14H2,1H3. The summed E-state index contributed by atoms with van der Waals surface area (Å²) >= 11 is 0. The van der Waals surface area contributed by atoms with Crippen LogP contribution in [-0.4, -0.2) is 43.9 Å². The highest BCUT2D eigenvalue weighted by Crippen LogP contribution is 2.23. The summed E-state index contributed by atoms with van der Waals surface area (Å²) in [5.41, 5.74) is 1.47. The Hall–Kier alpha value is -2.34. The molecule has 6 heteroatoms. The number of amides is 1. The monoisotopic (exact) mass is 359 g/mol. The fourth-order valence-electron chi connectivity index (χ4n) is 3.09. The average molecular weight is 359 g/mol. The van der Waals surface area contributed by atoms with E-state index in [0.717, 1.165) is 5.56 Å². The lowest BCUT2D eigenvalue weighted by atomic mass is 10.1. The smallest absolute Gasteiger partial charge is 0.254 e. The molecular formula is C19H21NO4S. The van der Waals surface area contributed by atoms with Gasteiger partial charge in [0.05, 0.1) is 18.6 Å². The van der Waals surface area contributed by atoms with Gasteiger partial charge in [-0.05, 0) is 30.2 Å². The maximum absolute atomic E-state index is 13.1. The van der Waals surface area contributed by atoms with Gasteiger partial charge < -0.3 is 9.64 Å². The van der Waals surface area contributed by atoms with Crippen LogP contribution in [-0.2, 0) is 16.4 Å². The van der Waals surface area contributed by atoms with E-state index in [2.05, 4.69) is 0 Å². The molecule has 0 aromatic heterocycles. The molecule has 0 aliphatic carbocycles. The minimum absolute atomic E-state index is 0.0234. The number of hydrogen-bond acceptors (Lipinski definition) is 4. The van der Waals surface area contributed by atoms with Crippen LogP contribution in [0.15, 0.2) is 54.6 Å². The number of carbonyl (C=O) groups is 1. The van der Waals surface area contributed by atoms with Crippen LogP contribution in [0.3, 0.4) is 0 Å². The Morgan fingerprint density at radius 3 is 2.56 bits per heavy atom. The Balaban J connectivity index is 1.91. The molecule has 1 saturated heterocycles. The van der Waals surface area contributed by atoms with E-state index in [-0.39, 0.29) is 23.5 Å². The molecule has 1 atom stereocenters. The lowest BCUT2D eigenvalue weighted by molar-refractivity contribution is 0.0680. The van der Waals surface area contributed by atoms with Gasteiger partial charge in [0.15, 0.2) is 9.84 Å². The molecular weight excluding hydrogens is 338 g/mol. The lowest BCUT2D eigenvalue weighted by Gasteiger charge is -2.28. The van der Waals surface area contributed by atoms with Crippen LogP contribution in [0.2, 0.25) is 0 Å². The van der Waals surface area contributed by atoms with Gasteiger partial charge in [-0.3, -0.25) is 4.79 Å². The van der Waals surface area contributed by atoms with Crippen LogP contribution in [0.5, 0.6) is 5.75 Å². The van der Waals surface area contributed by atoms with Gasteiger partial charge in [0, 0.05) is 18.2 Å². The number of hydrogen-bond donors (Lipinski definition) is 0. The summed E-state index contributed by atoms with van der Waals surface area (Å²) < 4.78 is 29.0. The van der Waals surface area contributed by atoms with Crippen molar-refractivity contribution in [2.24, 2.45) is 0 Å². The summed E-state index contributed by atoms with van der Waals surface area (Å²) in [6.45, 7) is 0.386. The second kappa shape index (κ2) is 7.27. The van der Waals surface area contributed by atoms with Crippen molar-refractivity contribution >= 4 is 15.7 Å². The Bertz CT molecular complexity index is 849. The Labute approximate surface area is 148 Å². The highest BCUT2D eigenvalue weighted by Gasteiger charge is 2.35. The first-order valence-corrected chi connectivity index (χ1v) is 10.00. The molecule has 1 aliphatic rings. The first kappa shape index (κ1) is 17.5. The Morgan fingerprint density at radius 1 is 1.16 bits per heavy atom. The number of rotatable bonds is 5. The van der Waals surface area contributed by atoms with E-state index in [1.165, 1.54) is 0 Å². The van der Waals surface area contributed by atoms with Crippen molar-refractivity contribution in [3.05, 3.63) is 65.7 Å². The largest absolute Gasteiger partial charge is 0.497 e. The third-order valence-electron chi connectivity index (χ3n) is 4.42. The first-order valence-electron chi connectivity index (χ1n) is 8.18. The van der Waals surface area contributed by atoms with Crippen LogP contribution < -0.4 is 4.74 Å². The average Bonchev–Trinajstić information content (AvgIpc) is 2.99. The lowest BCUT2D eigenvalue weighted by Crippen LogP contribution is -2.40. The molecule has 3 rings (SSSR count). The van der Waals surface area contributed by atoms with Crippen LogP contribution >= 0.6 is 0 Å². The molecule has 2 aromatic carbocycles. The maximum Gasteiger partial charge on any atom is 0.254 e. The fraction of sp³-hybridized carbons (Fsp3) is 0.316. The molecule has 2 aromatic rings. The third kappa shape index (κ3) is 4.20. The summed E-state index contributed by atoms with van der Waals surface area (Å²) in [5.74, 6) is 0.582. The number of benzene rings is 2. The van der Waals surface area contributed by atoms with Gasteiger partial charge >= 0.3 is 0 Å². The van der Waals surface area contributed by atoms with Gasteiger partial charge in [-0.15, -0.1) is 0 Å². The maximum atomic E-state index is 13.1. The van der Waals surface area contributed by atoms with Crippen LogP contribution in [0.1, 0.15) is 22.3 Å². The van der Waals surface area contributed by atoms with Crippen LogP contribution in [0.4, 0.5) is 0 Å². The molecule has 0 bridgehead atoms. The summed E-state index contributed by atoms with van der Waals surface area (Å²) in [5, 5.41) is 0. The second-order valence-electron chi connectivity index (χ2n) is 6.21. The van der Waals surface area contributed by atoms with Crippen molar-refractivity contribution in [1.29, 1.82) is 0 Å². The van der Waals surface area contributed by atoms with Crippen molar-refractivity contribution in [2.75, 3.05) is 18.6 Å². The molecule has 1 heterocycles.